The quantitative estimate of drug-likeness (QED) is 0.118. The van der Waals surface area contributed by atoms with Gasteiger partial charge in [-0.25, -0.2) is 5.48 Å². The second kappa shape index (κ2) is 13.7. The van der Waals surface area contributed by atoms with Gasteiger partial charge in [0.25, 0.3) is 0 Å². The minimum atomic E-state index is -4.35. The van der Waals surface area contributed by atoms with Crippen molar-refractivity contribution < 1.29 is 18.0 Å². The largest absolute Gasteiger partial charge is 0.406 e. The lowest BCUT2D eigenvalue weighted by Gasteiger charge is -2.32. The van der Waals surface area contributed by atoms with Crippen LogP contribution in [0.4, 0.5) is 18.9 Å². The van der Waals surface area contributed by atoms with Gasteiger partial charge in [-0.2, -0.15) is 13.2 Å². The van der Waals surface area contributed by atoms with E-state index in [0.29, 0.717) is 29.6 Å². The fourth-order valence-corrected chi connectivity index (χ4v) is 5.51. The van der Waals surface area contributed by atoms with E-state index in [1.165, 1.54) is 16.5 Å². The number of alkyl halides is 3. The number of benzene rings is 1. The van der Waals surface area contributed by atoms with Crippen molar-refractivity contribution in [1.29, 1.82) is 0 Å². The van der Waals surface area contributed by atoms with E-state index in [1.807, 2.05) is 12.1 Å². The third-order valence-electron chi connectivity index (χ3n) is 7.05. The monoisotopic (exact) mass is 550 g/mol. The average molecular weight is 551 g/mol. The summed E-state index contributed by atoms with van der Waals surface area (Å²) in [6.07, 6.45) is 3.70. The Kier molecular flexibility index (Phi) is 10.4. The topological polar surface area (TPSA) is 79.5 Å². The number of hydrogen-bond donors (Lipinski definition) is 4. The molecule has 7 nitrogen and oxygen atoms in total. The number of likely N-dealkylation sites (tertiary alicyclic amines) is 1. The summed E-state index contributed by atoms with van der Waals surface area (Å²) in [6.45, 7) is 2.71. The van der Waals surface area contributed by atoms with E-state index in [0.717, 1.165) is 56.4 Å². The summed E-state index contributed by atoms with van der Waals surface area (Å²) in [7, 11) is 1.75. The first-order chi connectivity index (χ1) is 18.4. The van der Waals surface area contributed by atoms with Gasteiger partial charge >= 0.3 is 6.18 Å². The van der Waals surface area contributed by atoms with E-state index >= 15 is 0 Å². The molecule has 0 saturated carbocycles. The highest BCUT2D eigenvalue weighted by atomic mass is 32.2. The lowest BCUT2D eigenvalue weighted by Crippen LogP contribution is -2.40. The molecule has 1 aromatic carbocycles. The molecule has 5 N–H and O–H groups in total. The van der Waals surface area contributed by atoms with Crippen LogP contribution in [0, 0.1) is 11.8 Å². The molecule has 1 saturated heterocycles. The first-order valence-electron chi connectivity index (χ1n) is 13.1. The summed E-state index contributed by atoms with van der Waals surface area (Å²) in [5, 5.41) is 13.7. The molecule has 2 heterocycles. The first-order valence-corrected chi connectivity index (χ1v) is 14.0. The van der Waals surface area contributed by atoms with Crippen molar-refractivity contribution in [2.45, 2.75) is 55.7 Å². The van der Waals surface area contributed by atoms with Crippen molar-refractivity contribution in [3.8, 4) is 11.8 Å². The maximum atomic E-state index is 13.5. The van der Waals surface area contributed by atoms with Gasteiger partial charge in [0, 0.05) is 55.1 Å². The second-order valence-corrected chi connectivity index (χ2v) is 10.6. The van der Waals surface area contributed by atoms with Crippen molar-refractivity contribution >= 4 is 28.5 Å². The Morgan fingerprint density at radius 1 is 1.16 bits per heavy atom. The number of hydrogen-bond acceptors (Lipinski definition) is 7. The second-order valence-electron chi connectivity index (χ2n) is 9.71. The maximum absolute atomic E-state index is 13.5. The molecule has 0 radical (unpaired) electrons. The van der Waals surface area contributed by atoms with Crippen LogP contribution in [0.5, 0.6) is 0 Å². The summed E-state index contributed by atoms with van der Waals surface area (Å²) in [4.78, 5) is 7.57. The molecule has 2 aromatic rings. The van der Waals surface area contributed by atoms with Crippen LogP contribution < -0.4 is 21.3 Å². The molecule has 11 heteroatoms. The highest BCUT2D eigenvalue weighted by Crippen LogP contribution is 2.31. The van der Waals surface area contributed by atoms with E-state index in [1.54, 1.807) is 19.2 Å². The number of hydroxylamine groups is 1. The van der Waals surface area contributed by atoms with E-state index < -0.39 is 12.7 Å². The predicted molar refractivity (Wildman–Crippen MR) is 149 cm³/mol. The standard InChI is InChI=1S/C27H37F3N6OS/c1-32-37-17-16-35-14-11-21(12-15-35)34-25-5-2-6-26-24(25)18-22(36(26)19-27(28,29)30)4-3-13-33-20-7-9-23(38-31)10-8-20/h2,5-7,9,18,20-21,23,32-34H,8,10-17,19,31H2,1H3. The number of rotatable bonds is 10. The van der Waals surface area contributed by atoms with Gasteiger partial charge < -0.3 is 19.6 Å². The van der Waals surface area contributed by atoms with E-state index in [-0.39, 0.29) is 12.1 Å². The molecule has 4 rings (SSSR count). The Labute approximate surface area is 226 Å². The highest BCUT2D eigenvalue weighted by molar-refractivity contribution is 7.97. The first kappa shape index (κ1) is 28.8. The van der Waals surface area contributed by atoms with Crippen LogP contribution in [0.25, 0.3) is 10.9 Å². The van der Waals surface area contributed by atoms with Gasteiger partial charge in [-0.1, -0.05) is 36.1 Å². The summed E-state index contributed by atoms with van der Waals surface area (Å²) < 4.78 is 41.8. The molecule has 1 aliphatic carbocycles. The summed E-state index contributed by atoms with van der Waals surface area (Å²) in [5.74, 6) is 6.03. The van der Waals surface area contributed by atoms with E-state index in [9.17, 15) is 13.2 Å². The van der Waals surface area contributed by atoms with Crippen molar-refractivity contribution in [3.05, 3.63) is 42.1 Å². The van der Waals surface area contributed by atoms with E-state index in [2.05, 4.69) is 45.0 Å². The molecule has 2 atom stereocenters. The molecule has 2 aliphatic rings. The highest BCUT2D eigenvalue weighted by Gasteiger charge is 2.30. The Balaban J connectivity index is 1.45. The molecular weight excluding hydrogens is 513 g/mol. The number of piperidine rings is 1. The minimum Gasteiger partial charge on any atom is -0.382 e. The normalized spacial score (nSPS) is 21.0. The number of anilines is 1. The third-order valence-corrected chi connectivity index (χ3v) is 7.79. The number of aromatic nitrogens is 1. The number of nitrogens with zero attached hydrogens (tertiary/aromatic N) is 2. The number of nitrogens with two attached hydrogens (primary N) is 1. The van der Waals surface area contributed by atoms with Gasteiger partial charge in [-0.3, -0.25) is 10.5 Å². The Bertz CT molecular complexity index is 1130. The smallest absolute Gasteiger partial charge is 0.382 e. The fraction of sp³-hybridized carbons (Fsp3) is 0.556. The van der Waals surface area contributed by atoms with Crippen LogP contribution in [0.3, 0.4) is 0 Å². The fourth-order valence-electron chi connectivity index (χ4n) is 5.06. The van der Waals surface area contributed by atoms with Crippen LogP contribution in [-0.4, -0.2) is 72.8 Å². The summed E-state index contributed by atoms with van der Waals surface area (Å²) in [5.41, 5.74) is 4.44. The van der Waals surface area contributed by atoms with Gasteiger partial charge in [-0.05, 0) is 49.8 Å². The Morgan fingerprint density at radius 2 is 1.97 bits per heavy atom. The number of nitrogens with one attached hydrogen (secondary N) is 3. The zero-order valence-electron chi connectivity index (χ0n) is 21.7. The van der Waals surface area contributed by atoms with Gasteiger partial charge in [-0.15, -0.1) is 0 Å². The van der Waals surface area contributed by atoms with Gasteiger partial charge in [0.1, 0.15) is 6.54 Å². The van der Waals surface area contributed by atoms with Gasteiger partial charge in [0.15, 0.2) is 0 Å². The zero-order valence-corrected chi connectivity index (χ0v) is 22.5. The van der Waals surface area contributed by atoms with Gasteiger partial charge in [0.05, 0.1) is 24.4 Å². The summed E-state index contributed by atoms with van der Waals surface area (Å²) in [6, 6.07) is 7.72. The zero-order chi connectivity index (χ0) is 27.0. The Hall–Kier alpha value is -2.20. The van der Waals surface area contributed by atoms with Crippen LogP contribution >= 0.6 is 11.9 Å². The van der Waals surface area contributed by atoms with Crippen LogP contribution in [0.2, 0.25) is 0 Å². The van der Waals surface area contributed by atoms with Crippen LogP contribution in [0.15, 0.2) is 36.4 Å². The molecule has 1 aromatic heterocycles. The molecule has 208 valence electrons. The molecule has 1 aliphatic heterocycles. The van der Waals surface area contributed by atoms with Crippen LogP contribution in [0.1, 0.15) is 31.4 Å². The molecular formula is C27H37F3N6OS. The summed E-state index contributed by atoms with van der Waals surface area (Å²) >= 11 is 1.35. The molecule has 0 amide bonds. The van der Waals surface area contributed by atoms with Crippen molar-refractivity contribution in [2.24, 2.45) is 5.14 Å². The maximum Gasteiger partial charge on any atom is 0.406 e. The van der Waals surface area contributed by atoms with E-state index in [4.69, 9.17) is 9.98 Å². The van der Waals surface area contributed by atoms with Crippen molar-refractivity contribution in [1.82, 2.24) is 20.3 Å². The van der Waals surface area contributed by atoms with Gasteiger partial charge in [0.2, 0.25) is 0 Å². The Morgan fingerprint density at radius 3 is 2.66 bits per heavy atom. The molecule has 0 bridgehead atoms. The third kappa shape index (κ3) is 8.15. The molecule has 0 spiro atoms. The molecule has 2 unspecified atom stereocenters. The molecule has 1 fully saturated rings. The lowest BCUT2D eigenvalue weighted by molar-refractivity contribution is -0.140. The number of halogens is 3. The van der Waals surface area contributed by atoms with Crippen molar-refractivity contribution in [2.75, 3.05) is 45.2 Å². The predicted octanol–water partition coefficient (Wildman–Crippen LogP) is 3.87. The van der Waals surface area contributed by atoms with Crippen LogP contribution in [-0.2, 0) is 11.4 Å². The SMILES string of the molecule is CNOCCN1CCC(Nc2cccc3c2cc(C#CCNC2C=CC(SN)CC2)n3CC(F)(F)F)CC1. The molecule has 38 heavy (non-hydrogen) atoms. The average Bonchev–Trinajstić information content (AvgIpc) is 3.25. The number of fused-ring (bicyclic) bond motifs is 1. The minimum absolute atomic E-state index is 0.201. The van der Waals surface area contributed by atoms with Crippen molar-refractivity contribution in [3.63, 3.8) is 0 Å². The lowest BCUT2D eigenvalue weighted by atomic mass is 10.0.